The van der Waals surface area contributed by atoms with Gasteiger partial charge in [0.1, 0.15) is 5.54 Å². The van der Waals surface area contributed by atoms with E-state index in [0.717, 1.165) is 36.2 Å². The predicted molar refractivity (Wildman–Crippen MR) is 112 cm³/mol. The molecule has 0 bridgehead atoms. The van der Waals surface area contributed by atoms with Crippen LogP contribution in [0.15, 0.2) is 59.1 Å². The van der Waals surface area contributed by atoms with E-state index in [-0.39, 0.29) is 11.9 Å². The summed E-state index contributed by atoms with van der Waals surface area (Å²) in [4.78, 5) is 31.5. The lowest BCUT2D eigenvalue weighted by Gasteiger charge is -2.37. The SMILES string of the molecule is CC1(c2cccc(Br)c2)NC(=O)N(CN2CCN(c3ccccc3)CC2)C1=O. The molecule has 0 radical (unpaired) electrons. The summed E-state index contributed by atoms with van der Waals surface area (Å²) in [7, 11) is 0. The number of carbonyl (C=O) groups is 2. The third kappa shape index (κ3) is 3.52. The first kappa shape index (κ1) is 19.0. The van der Waals surface area contributed by atoms with Crippen LogP contribution in [0, 0.1) is 0 Å². The largest absolute Gasteiger partial charge is 0.369 e. The average molecular weight is 443 g/mol. The number of urea groups is 1. The third-order valence-corrected chi connectivity index (χ3v) is 6.01. The molecule has 2 fully saturated rings. The topological polar surface area (TPSA) is 55.9 Å². The van der Waals surface area contributed by atoms with Crippen molar-refractivity contribution in [2.75, 3.05) is 37.7 Å². The maximum atomic E-state index is 13.1. The van der Waals surface area contributed by atoms with E-state index >= 15 is 0 Å². The van der Waals surface area contributed by atoms with Gasteiger partial charge in [-0.3, -0.25) is 9.69 Å². The Labute approximate surface area is 173 Å². The smallest absolute Gasteiger partial charge is 0.326 e. The molecule has 2 aliphatic rings. The number of hydrogen-bond donors (Lipinski definition) is 1. The fraction of sp³-hybridized carbons (Fsp3) is 0.333. The van der Waals surface area contributed by atoms with Gasteiger partial charge in [-0.1, -0.05) is 46.3 Å². The van der Waals surface area contributed by atoms with E-state index in [1.54, 1.807) is 6.92 Å². The quantitative estimate of drug-likeness (QED) is 0.739. The number of benzene rings is 2. The lowest BCUT2D eigenvalue weighted by molar-refractivity contribution is -0.132. The van der Waals surface area contributed by atoms with Crippen molar-refractivity contribution in [3.05, 3.63) is 64.6 Å². The number of halogens is 1. The van der Waals surface area contributed by atoms with E-state index < -0.39 is 5.54 Å². The number of nitrogens with zero attached hydrogens (tertiary/aromatic N) is 3. The fourth-order valence-corrected chi connectivity index (χ4v) is 4.21. The number of amides is 3. The Morgan fingerprint density at radius 3 is 2.39 bits per heavy atom. The first-order chi connectivity index (χ1) is 13.5. The Morgan fingerprint density at radius 2 is 1.71 bits per heavy atom. The monoisotopic (exact) mass is 442 g/mol. The summed E-state index contributed by atoms with van der Waals surface area (Å²) in [5, 5.41) is 2.88. The molecule has 0 saturated carbocycles. The van der Waals surface area contributed by atoms with Crippen LogP contribution in [0.25, 0.3) is 0 Å². The molecule has 2 aliphatic heterocycles. The number of para-hydroxylation sites is 1. The van der Waals surface area contributed by atoms with E-state index in [0.29, 0.717) is 6.67 Å². The summed E-state index contributed by atoms with van der Waals surface area (Å²) in [5.74, 6) is -0.207. The number of piperazine rings is 1. The molecule has 1 atom stereocenters. The van der Waals surface area contributed by atoms with Gasteiger partial charge in [0.05, 0.1) is 6.67 Å². The van der Waals surface area contributed by atoms with E-state index in [4.69, 9.17) is 0 Å². The standard InChI is InChI=1S/C21H23BrN4O2/c1-21(16-6-5-7-17(22)14-16)19(27)26(20(28)23-21)15-24-10-12-25(13-11-24)18-8-3-2-4-9-18/h2-9,14H,10-13,15H2,1H3,(H,23,28). The number of nitrogens with one attached hydrogen (secondary N) is 1. The second kappa shape index (κ2) is 7.56. The molecule has 3 amide bonds. The Hall–Kier alpha value is -2.38. The summed E-state index contributed by atoms with van der Waals surface area (Å²) in [6.07, 6.45) is 0. The van der Waals surface area contributed by atoms with Crippen LogP contribution >= 0.6 is 15.9 Å². The molecule has 2 aromatic rings. The minimum absolute atomic E-state index is 0.207. The zero-order valence-electron chi connectivity index (χ0n) is 15.8. The second-order valence-corrected chi connectivity index (χ2v) is 8.30. The molecule has 2 saturated heterocycles. The molecule has 0 aliphatic carbocycles. The average Bonchev–Trinajstić information content (AvgIpc) is 2.93. The zero-order chi connectivity index (χ0) is 19.7. The minimum Gasteiger partial charge on any atom is -0.369 e. The van der Waals surface area contributed by atoms with Crippen molar-refractivity contribution in [2.45, 2.75) is 12.5 Å². The molecule has 7 heteroatoms. The number of anilines is 1. The first-order valence-electron chi connectivity index (χ1n) is 9.40. The number of hydrogen-bond acceptors (Lipinski definition) is 4. The van der Waals surface area contributed by atoms with Crippen LogP contribution in [-0.2, 0) is 10.3 Å². The Morgan fingerprint density at radius 1 is 1.00 bits per heavy atom. The number of imide groups is 1. The number of rotatable bonds is 4. The van der Waals surface area contributed by atoms with E-state index in [1.807, 2.05) is 42.5 Å². The maximum absolute atomic E-state index is 13.1. The molecule has 4 rings (SSSR count). The molecule has 2 heterocycles. The van der Waals surface area contributed by atoms with Crippen molar-refractivity contribution in [1.82, 2.24) is 15.1 Å². The highest BCUT2D eigenvalue weighted by Crippen LogP contribution is 2.30. The van der Waals surface area contributed by atoms with Gasteiger partial charge in [-0.2, -0.15) is 0 Å². The Balaban J connectivity index is 1.42. The van der Waals surface area contributed by atoms with Crippen molar-refractivity contribution in [3.8, 4) is 0 Å². The zero-order valence-corrected chi connectivity index (χ0v) is 17.4. The summed E-state index contributed by atoms with van der Waals surface area (Å²) in [6.45, 7) is 5.44. The number of carbonyl (C=O) groups excluding carboxylic acids is 2. The van der Waals surface area contributed by atoms with Gasteiger partial charge >= 0.3 is 6.03 Å². The lowest BCUT2D eigenvalue weighted by atomic mass is 9.92. The van der Waals surface area contributed by atoms with Crippen LogP contribution in [0.5, 0.6) is 0 Å². The summed E-state index contributed by atoms with van der Waals surface area (Å²) in [5.41, 5.74) is 0.947. The van der Waals surface area contributed by atoms with Gasteiger partial charge in [-0.05, 0) is 36.8 Å². The van der Waals surface area contributed by atoms with Crippen molar-refractivity contribution >= 4 is 33.6 Å². The molecule has 146 valence electrons. The molecule has 1 N–H and O–H groups in total. The fourth-order valence-electron chi connectivity index (χ4n) is 3.81. The minimum atomic E-state index is -1.03. The van der Waals surface area contributed by atoms with Gasteiger partial charge in [0, 0.05) is 36.3 Å². The van der Waals surface area contributed by atoms with Crippen LogP contribution < -0.4 is 10.2 Å². The van der Waals surface area contributed by atoms with Gasteiger partial charge in [-0.25, -0.2) is 9.69 Å². The van der Waals surface area contributed by atoms with Gasteiger partial charge in [0.15, 0.2) is 0 Å². The van der Waals surface area contributed by atoms with Gasteiger partial charge in [-0.15, -0.1) is 0 Å². The normalized spacial score (nSPS) is 23.2. The molecule has 1 unspecified atom stereocenters. The third-order valence-electron chi connectivity index (χ3n) is 5.51. The molecule has 6 nitrogen and oxygen atoms in total. The van der Waals surface area contributed by atoms with E-state index in [1.165, 1.54) is 10.6 Å². The molecule has 28 heavy (non-hydrogen) atoms. The van der Waals surface area contributed by atoms with Crippen molar-refractivity contribution in [3.63, 3.8) is 0 Å². The molecular weight excluding hydrogens is 420 g/mol. The van der Waals surface area contributed by atoms with Crippen LogP contribution in [0.3, 0.4) is 0 Å². The van der Waals surface area contributed by atoms with Crippen LogP contribution in [-0.4, -0.2) is 54.6 Å². The highest BCUT2D eigenvalue weighted by atomic mass is 79.9. The highest BCUT2D eigenvalue weighted by molar-refractivity contribution is 9.10. The van der Waals surface area contributed by atoms with Gasteiger partial charge < -0.3 is 10.2 Å². The van der Waals surface area contributed by atoms with Gasteiger partial charge in [0.25, 0.3) is 5.91 Å². The highest BCUT2D eigenvalue weighted by Gasteiger charge is 2.49. The van der Waals surface area contributed by atoms with Crippen LogP contribution in [0.4, 0.5) is 10.5 Å². The van der Waals surface area contributed by atoms with E-state index in [2.05, 4.69) is 43.2 Å². The molecule has 2 aromatic carbocycles. The van der Waals surface area contributed by atoms with Crippen LogP contribution in [0.2, 0.25) is 0 Å². The second-order valence-electron chi connectivity index (χ2n) is 7.38. The lowest BCUT2D eigenvalue weighted by Crippen LogP contribution is -2.51. The Kier molecular flexibility index (Phi) is 5.12. The maximum Gasteiger partial charge on any atom is 0.326 e. The van der Waals surface area contributed by atoms with Crippen molar-refractivity contribution in [2.24, 2.45) is 0 Å². The summed E-state index contributed by atoms with van der Waals surface area (Å²) < 4.78 is 0.878. The summed E-state index contributed by atoms with van der Waals surface area (Å²) >= 11 is 3.44. The van der Waals surface area contributed by atoms with Crippen molar-refractivity contribution in [1.29, 1.82) is 0 Å². The van der Waals surface area contributed by atoms with E-state index in [9.17, 15) is 9.59 Å². The Bertz CT molecular complexity index is 883. The van der Waals surface area contributed by atoms with Crippen molar-refractivity contribution < 1.29 is 9.59 Å². The van der Waals surface area contributed by atoms with Crippen LogP contribution in [0.1, 0.15) is 12.5 Å². The first-order valence-corrected chi connectivity index (χ1v) is 10.2. The molecule has 0 spiro atoms. The predicted octanol–water partition coefficient (Wildman–Crippen LogP) is 3.00. The molecular formula is C21H23BrN4O2. The van der Waals surface area contributed by atoms with Gasteiger partial charge in [0.2, 0.25) is 0 Å². The molecule has 0 aromatic heterocycles. The summed E-state index contributed by atoms with van der Waals surface area (Å²) in [6, 6.07) is 17.5.